The lowest BCUT2D eigenvalue weighted by Gasteiger charge is -2.34. The molecule has 1 aliphatic heterocycles. The quantitative estimate of drug-likeness (QED) is 0.696. The van der Waals surface area contributed by atoms with E-state index in [0.29, 0.717) is 35.9 Å². The summed E-state index contributed by atoms with van der Waals surface area (Å²) in [6, 6.07) is 5.03. The second-order valence-electron chi connectivity index (χ2n) is 6.26. The molecule has 0 spiro atoms. The predicted octanol–water partition coefficient (Wildman–Crippen LogP) is 0.596. The fraction of sp³-hybridized carbons (Fsp3) is 0.312. The van der Waals surface area contributed by atoms with E-state index < -0.39 is 15.8 Å². The molecule has 0 atom stereocenters. The number of hydrogen-bond acceptors (Lipinski definition) is 7. The normalized spacial score (nSPS) is 16.1. The van der Waals surface area contributed by atoms with Gasteiger partial charge in [0.1, 0.15) is 11.6 Å². The summed E-state index contributed by atoms with van der Waals surface area (Å²) in [5.74, 6) is 0.187. The standard InChI is InChI=1S/C16H18FN7O2S/c1-22-15-13(10-19-22)14(18)20-16(21-15)23-5-7-24(8-6-23)27(25,26)12-4-2-3-11(17)9-12/h2-4,9-10H,5-8H2,1H3,(H2,18,20,21). The Labute approximate surface area is 155 Å². The molecule has 27 heavy (non-hydrogen) atoms. The molecule has 0 saturated carbocycles. The van der Waals surface area contributed by atoms with E-state index >= 15 is 0 Å². The molecule has 0 radical (unpaired) electrons. The molecule has 3 aromatic rings. The molecule has 0 aliphatic carbocycles. The van der Waals surface area contributed by atoms with Crippen LogP contribution >= 0.6 is 0 Å². The zero-order valence-electron chi connectivity index (χ0n) is 14.6. The minimum absolute atomic E-state index is 0.0484. The Balaban J connectivity index is 1.55. The fourth-order valence-electron chi connectivity index (χ4n) is 3.08. The van der Waals surface area contributed by atoms with Crippen molar-refractivity contribution in [1.82, 2.24) is 24.1 Å². The van der Waals surface area contributed by atoms with E-state index in [4.69, 9.17) is 5.73 Å². The van der Waals surface area contributed by atoms with Crippen LogP contribution in [0.5, 0.6) is 0 Å². The zero-order chi connectivity index (χ0) is 19.2. The van der Waals surface area contributed by atoms with Crippen LogP contribution in [0.25, 0.3) is 11.0 Å². The fourth-order valence-corrected chi connectivity index (χ4v) is 4.53. The molecule has 9 nitrogen and oxygen atoms in total. The van der Waals surface area contributed by atoms with Crippen molar-refractivity contribution in [3.05, 3.63) is 36.3 Å². The lowest BCUT2D eigenvalue weighted by molar-refractivity contribution is 0.382. The molecule has 3 heterocycles. The number of aromatic nitrogens is 4. The van der Waals surface area contributed by atoms with Gasteiger partial charge in [0.05, 0.1) is 16.5 Å². The summed E-state index contributed by atoms with van der Waals surface area (Å²) in [6.07, 6.45) is 1.61. The highest BCUT2D eigenvalue weighted by molar-refractivity contribution is 7.89. The molecule has 1 aromatic carbocycles. The number of nitrogen functional groups attached to an aromatic ring is 1. The van der Waals surface area contributed by atoms with E-state index in [9.17, 15) is 12.8 Å². The Bertz CT molecular complexity index is 1110. The molecule has 2 N–H and O–H groups in total. The minimum Gasteiger partial charge on any atom is -0.383 e. The molecule has 142 valence electrons. The number of nitrogens with two attached hydrogens (primary N) is 1. The van der Waals surface area contributed by atoms with Gasteiger partial charge in [-0.3, -0.25) is 4.68 Å². The van der Waals surface area contributed by atoms with Crippen molar-refractivity contribution in [2.45, 2.75) is 4.90 Å². The number of sulfonamides is 1. The third kappa shape index (κ3) is 3.08. The predicted molar refractivity (Wildman–Crippen MR) is 98.1 cm³/mol. The van der Waals surface area contributed by atoms with Gasteiger partial charge >= 0.3 is 0 Å². The maximum absolute atomic E-state index is 13.4. The van der Waals surface area contributed by atoms with E-state index in [0.717, 1.165) is 6.07 Å². The van der Waals surface area contributed by atoms with Gasteiger partial charge in [-0.2, -0.15) is 19.4 Å². The third-order valence-corrected chi connectivity index (χ3v) is 6.46. The first-order chi connectivity index (χ1) is 12.9. The van der Waals surface area contributed by atoms with Crippen molar-refractivity contribution in [2.75, 3.05) is 36.8 Å². The van der Waals surface area contributed by atoms with Gasteiger partial charge in [-0.15, -0.1) is 0 Å². The number of anilines is 2. The summed E-state index contributed by atoms with van der Waals surface area (Å²) in [6.45, 7) is 1.28. The number of aryl methyl sites for hydroxylation is 1. The van der Waals surface area contributed by atoms with Crippen LogP contribution in [0.2, 0.25) is 0 Å². The zero-order valence-corrected chi connectivity index (χ0v) is 15.4. The first kappa shape index (κ1) is 17.6. The van der Waals surface area contributed by atoms with Gasteiger partial charge < -0.3 is 10.6 Å². The smallest absolute Gasteiger partial charge is 0.243 e. The summed E-state index contributed by atoms with van der Waals surface area (Å²) in [4.78, 5) is 10.6. The molecule has 11 heteroatoms. The first-order valence-electron chi connectivity index (χ1n) is 8.32. The van der Waals surface area contributed by atoms with E-state index in [-0.39, 0.29) is 18.0 Å². The average molecular weight is 391 g/mol. The second-order valence-corrected chi connectivity index (χ2v) is 8.20. The number of fused-ring (bicyclic) bond motifs is 1. The van der Waals surface area contributed by atoms with Gasteiger partial charge in [0.2, 0.25) is 16.0 Å². The van der Waals surface area contributed by atoms with E-state index in [1.54, 1.807) is 17.9 Å². The Kier molecular flexibility index (Phi) is 4.19. The highest BCUT2D eigenvalue weighted by atomic mass is 32.2. The summed E-state index contributed by atoms with van der Waals surface area (Å²) in [5, 5.41) is 4.80. The number of hydrogen-bond donors (Lipinski definition) is 1. The van der Waals surface area contributed by atoms with Crippen molar-refractivity contribution in [1.29, 1.82) is 0 Å². The minimum atomic E-state index is -3.74. The van der Waals surface area contributed by atoms with Crippen LogP contribution in [0.15, 0.2) is 35.4 Å². The Morgan fingerprint density at radius 2 is 1.89 bits per heavy atom. The largest absolute Gasteiger partial charge is 0.383 e. The third-order valence-electron chi connectivity index (χ3n) is 4.57. The highest BCUT2D eigenvalue weighted by Gasteiger charge is 2.30. The van der Waals surface area contributed by atoms with Crippen molar-refractivity contribution < 1.29 is 12.8 Å². The number of piperazine rings is 1. The number of nitrogens with zero attached hydrogens (tertiary/aromatic N) is 6. The van der Waals surface area contributed by atoms with E-state index in [2.05, 4.69) is 15.1 Å². The molecule has 0 amide bonds. The van der Waals surface area contributed by atoms with Crippen LogP contribution in [0.1, 0.15) is 0 Å². The van der Waals surface area contributed by atoms with Crippen molar-refractivity contribution >= 4 is 32.8 Å². The molecule has 1 fully saturated rings. The van der Waals surface area contributed by atoms with Crippen LogP contribution in [0.4, 0.5) is 16.2 Å². The lowest BCUT2D eigenvalue weighted by atomic mass is 10.3. The maximum Gasteiger partial charge on any atom is 0.243 e. The molecule has 1 aliphatic rings. The van der Waals surface area contributed by atoms with E-state index in [1.807, 2.05) is 4.90 Å². The number of rotatable bonds is 3. The summed E-state index contributed by atoms with van der Waals surface area (Å²) in [7, 11) is -1.98. The molecule has 0 unspecified atom stereocenters. The summed E-state index contributed by atoms with van der Waals surface area (Å²) in [5.41, 5.74) is 6.61. The van der Waals surface area contributed by atoms with Crippen LogP contribution < -0.4 is 10.6 Å². The molecule has 4 rings (SSSR count). The molecular formula is C16H18FN7O2S. The van der Waals surface area contributed by atoms with Gasteiger partial charge in [-0.25, -0.2) is 12.8 Å². The average Bonchev–Trinajstić information content (AvgIpc) is 3.03. The van der Waals surface area contributed by atoms with Crippen molar-refractivity contribution in [3.8, 4) is 0 Å². The molecule has 0 bridgehead atoms. The lowest BCUT2D eigenvalue weighted by Crippen LogP contribution is -2.49. The summed E-state index contributed by atoms with van der Waals surface area (Å²) < 4.78 is 41.7. The highest BCUT2D eigenvalue weighted by Crippen LogP contribution is 2.23. The maximum atomic E-state index is 13.4. The van der Waals surface area contributed by atoms with Gasteiger partial charge in [0, 0.05) is 33.2 Å². The van der Waals surface area contributed by atoms with Crippen LogP contribution in [-0.2, 0) is 17.1 Å². The number of halogens is 1. The van der Waals surface area contributed by atoms with Gasteiger partial charge in [0.15, 0.2) is 5.65 Å². The van der Waals surface area contributed by atoms with Gasteiger partial charge in [-0.1, -0.05) is 6.07 Å². The molecule has 2 aromatic heterocycles. The van der Waals surface area contributed by atoms with Crippen molar-refractivity contribution in [3.63, 3.8) is 0 Å². The summed E-state index contributed by atoms with van der Waals surface area (Å²) >= 11 is 0. The Morgan fingerprint density at radius 3 is 2.59 bits per heavy atom. The van der Waals surface area contributed by atoms with Crippen LogP contribution in [0, 0.1) is 5.82 Å². The van der Waals surface area contributed by atoms with Gasteiger partial charge in [-0.05, 0) is 18.2 Å². The Morgan fingerprint density at radius 1 is 1.15 bits per heavy atom. The topological polar surface area (TPSA) is 110 Å². The Hall–Kier alpha value is -2.79. The monoisotopic (exact) mass is 391 g/mol. The SMILES string of the molecule is Cn1ncc2c(N)nc(N3CCN(S(=O)(=O)c4cccc(F)c4)CC3)nc21. The first-order valence-corrected chi connectivity index (χ1v) is 9.76. The van der Waals surface area contributed by atoms with Crippen LogP contribution in [0.3, 0.4) is 0 Å². The van der Waals surface area contributed by atoms with Gasteiger partial charge in [0.25, 0.3) is 0 Å². The van der Waals surface area contributed by atoms with Crippen LogP contribution in [-0.4, -0.2) is 58.7 Å². The number of benzene rings is 1. The molecular weight excluding hydrogens is 373 g/mol. The molecule has 1 saturated heterocycles. The van der Waals surface area contributed by atoms with E-state index in [1.165, 1.54) is 22.5 Å². The second kappa shape index (κ2) is 6.43. The van der Waals surface area contributed by atoms with Crippen molar-refractivity contribution in [2.24, 2.45) is 7.05 Å².